The zero-order valence-electron chi connectivity index (χ0n) is 12.5. The van der Waals surface area contributed by atoms with E-state index in [1.54, 1.807) is 35.2 Å². The van der Waals surface area contributed by atoms with Gasteiger partial charge in [-0.3, -0.25) is 9.59 Å². The van der Waals surface area contributed by atoms with Gasteiger partial charge in [0.1, 0.15) is 0 Å². The van der Waals surface area contributed by atoms with Gasteiger partial charge in [0.05, 0.1) is 5.92 Å². The summed E-state index contributed by atoms with van der Waals surface area (Å²) in [5.41, 5.74) is 0.530. The Bertz CT molecular complexity index is 559. The third-order valence-electron chi connectivity index (χ3n) is 3.90. The van der Waals surface area contributed by atoms with Crippen LogP contribution < -0.4 is 5.32 Å². The van der Waals surface area contributed by atoms with E-state index in [4.69, 9.17) is 0 Å². The number of amides is 2. The standard InChI is InChI=1S/C16H20N2O4/c1-11(19)18-9-5-8-13(10-18)15(20)17-14(16(21)22)12-6-3-2-4-7-12/h2-4,6-7,13-14H,5,8-10H2,1H3,(H,17,20)(H,21,22)/t13?,14-/m0/s1. The molecular weight excluding hydrogens is 284 g/mol. The van der Waals surface area contributed by atoms with Gasteiger partial charge in [-0.15, -0.1) is 0 Å². The number of likely N-dealkylation sites (tertiary alicyclic amines) is 1. The van der Waals surface area contributed by atoms with E-state index >= 15 is 0 Å². The average Bonchev–Trinajstić information content (AvgIpc) is 2.53. The fourth-order valence-electron chi connectivity index (χ4n) is 2.67. The Morgan fingerprint density at radius 3 is 2.55 bits per heavy atom. The molecule has 1 fully saturated rings. The van der Waals surface area contributed by atoms with Gasteiger partial charge in [-0.05, 0) is 18.4 Å². The van der Waals surface area contributed by atoms with Crippen molar-refractivity contribution in [3.63, 3.8) is 0 Å². The van der Waals surface area contributed by atoms with Crippen molar-refractivity contribution in [2.24, 2.45) is 5.92 Å². The predicted octanol–water partition coefficient (Wildman–Crippen LogP) is 1.19. The summed E-state index contributed by atoms with van der Waals surface area (Å²) in [6.45, 7) is 2.48. The third kappa shape index (κ3) is 3.84. The minimum absolute atomic E-state index is 0.0599. The number of carbonyl (C=O) groups is 3. The summed E-state index contributed by atoms with van der Waals surface area (Å²) >= 11 is 0. The molecule has 1 aromatic carbocycles. The average molecular weight is 304 g/mol. The molecule has 6 heteroatoms. The van der Waals surface area contributed by atoms with E-state index in [1.807, 2.05) is 0 Å². The van der Waals surface area contributed by atoms with E-state index in [2.05, 4.69) is 5.32 Å². The van der Waals surface area contributed by atoms with Crippen LogP contribution in [0.4, 0.5) is 0 Å². The third-order valence-corrected chi connectivity index (χ3v) is 3.90. The van der Waals surface area contributed by atoms with Gasteiger partial charge in [0, 0.05) is 20.0 Å². The Balaban J connectivity index is 2.05. The van der Waals surface area contributed by atoms with Crippen LogP contribution in [-0.2, 0) is 14.4 Å². The number of aliphatic carboxylic acids is 1. The number of rotatable bonds is 4. The summed E-state index contributed by atoms with van der Waals surface area (Å²) in [7, 11) is 0. The second-order valence-electron chi connectivity index (χ2n) is 5.49. The van der Waals surface area contributed by atoms with E-state index in [0.717, 1.165) is 6.42 Å². The second-order valence-corrected chi connectivity index (χ2v) is 5.49. The molecule has 1 heterocycles. The Hall–Kier alpha value is -2.37. The van der Waals surface area contributed by atoms with Gasteiger partial charge in [-0.2, -0.15) is 0 Å². The number of piperidine rings is 1. The molecule has 2 rings (SSSR count). The summed E-state index contributed by atoms with van der Waals surface area (Å²) in [4.78, 5) is 36.8. The van der Waals surface area contributed by atoms with E-state index in [9.17, 15) is 19.5 Å². The lowest BCUT2D eigenvalue weighted by Gasteiger charge is -2.31. The number of carboxylic acids is 1. The minimum Gasteiger partial charge on any atom is -0.479 e. The lowest BCUT2D eigenvalue weighted by molar-refractivity contribution is -0.143. The molecule has 0 saturated carbocycles. The van der Waals surface area contributed by atoms with E-state index in [-0.39, 0.29) is 17.7 Å². The molecule has 1 unspecified atom stereocenters. The highest BCUT2D eigenvalue weighted by molar-refractivity contribution is 5.86. The van der Waals surface area contributed by atoms with Crippen molar-refractivity contribution >= 4 is 17.8 Å². The molecule has 118 valence electrons. The molecule has 2 atom stereocenters. The summed E-state index contributed by atoms with van der Waals surface area (Å²) in [5.74, 6) is -1.83. The van der Waals surface area contributed by atoms with Gasteiger partial charge in [-0.1, -0.05) is 30.3 Å². The van der Waals surface area contributed by atoms with Crippen LogP contribution in [0, 0.1) is 5.92 Å². The Kier molecular flexibility index (Phi) is 5.14. The number of hydrogen-bond acceptors (Lipinski definition) is 3. The largest absolute Gasteiger partial charge is 0.479 e. The number of nitrogens with zero attached hydrogens (tertiary/aromatic N) is 1. The molecule has 22 heavy (non-hydrogen) atoms. The first-order valence-corrected chi connectivity index (χ1v) is 7.32. The molecule has 0 aromatic heterocycles. The second kappa shape index (κ2) is 7.06. The highest BCUT2D eigenvalue weighted by atomic mass is 16.4. The fraction of sp³-hybridized carbons (Fsp3) is 0.438. The highest BCUT2D eigenvalue weighted by Crippen LogP contribution is 2.19. The molecule has 1 aromatic rings. The molecule has 1 saturated heterocycles. The van der Waals surface area contributed by atoms with Crippen LogP contribution in [0.1, 0.15) is 31.4 Å². The molecule has 0 spiro atoms. The van der Waals surface area contributed by atoms with Crippen LogP contribution in [0.15, 0.2) is 30.3 Å². The van der Waals surface area contributed by atoms with Crippen molar-refractivity contribution < 1.29 is 19.5 Å². The molecule has 0 bridgehead atoms. The molecule has 6 nitrogen and oxygen atoms in total. The highest BCUT2D eigenvalue weighted by Gasteiger charge is 2.30. The number of carboxylic acid groups (broad SMARTS) is 1. The van der Waals surface area contributed by atoms with Crippen molar-refractivity contribution in [2.45, 2.75) is 25.8 Å². The lowest BCUT2D eigenvalue weighted by atomic mass is 9.96. The number of nitrogens with one attached hydrogen (secondary N) is 1. The smallest absolute Gasteiger partial charge is 0.330 e. The first kappa shape index (κ1) is 16.0. The molecule has 0 radical (unpaired) electrons. The normalized spacial score (nSPS) is 19.3. The van der Waals surface area contributed by atoms with Crippen molar-refractivity contribution in [3.05, 3.63) is 35.9 Å². The van der Waals surface area contributed by atoms with E-state index in [0.29, 0.717) is 25.1 Å². The number of hydrogen-bond donors (Lipinski definition) is 2. The van der Waals surface area contributed by atoms with Crippen molar-refractivity contribution in [2.75, 3.05) is 13.1 Å². The summed E-state index contributed by atoms with van der Waals surface area (Å²) in [5, 5.41) is 11.9. The SMILES string of the molecule is CC(=O)N1CCCC(C(=O)N[C@H](C(=O)O)c2ccccc2)C1. The van der Waals surface area contributed by atoms with Crippen molar-refractivity contribution in [3.8, 4) is 0 Å². The van der Waals surface area contributed by atoms with Crippen LogP contribution >= 0.6 is 0 Å². The molecular formula is C16H20N2O4. The molecule has 2 N–H and O–H groups in total. The summed E-state index contributed by atoms with van der Waals surface area (Å²) in [6.07, 6.45) is 1.41. The van der Waals surface area contributed by atoms with Crippen LogP contribution in [0.2, 0.25) is 0 Å². The van der Waals surface area contributed by atoms with Gasteiger partial charge in [0.2, 0.25) is 11.8 Å². The van der Waals surface area contributed by atoms with Gasteiger partial charge in [0.25, 0.3) is 0 Å². The first-order valence-electron chi connectivity index (χ1n) is 7.32. The fourth-order valence-corrected chi connectivity index (χ4v) is 2.67. The zero-order valence-corrected chi connectivity index (χ0v) is 12.5. The van der Waals surface area contributed by atoms with E-state index in [1.165, 1.54) is 6.92 Å². The maximum atomic E-state index is 12.3. The van der Waals surface area contributed by atoms with Crippen LogP contribution in [0.3, 0.4) is 0 Å². The topological polar surface area (TPSA) is 86.7 Å². The maximum Gasteiger partial charge on any atom is 0.330 e. The number of benzene rings is 1. The lowest BCUT2D eigenvalue weighted by Crippen LogP contribution is -2.46. The molecule has 2 amide bonds. The predicted molar refractivity (Wildman–Crippen MR) is 79.9 cm³/mol. The first-order chi connectivity index (χ1) is 10.5. The van der Waals surface area contributed by atoms with Crippen LogP contribution in [0.5, 0.6) is 0 Å². The quantitative estimate of drug-likeness (QED) is 0.874. The maximum absolute atomic E-state index is 12.3. The molecule has 0 aliphatic carbocycles. The zero-order chi connectivity index (χ0) is 16.1. The molecule has 1 aliphatic heterocycles. The van der Waals surface area contributed by atoms with Gasteiger partial charge in [0.15, 0.2) is 6.04 Å². The van der Waals surface area contributed by atoms with E-state index < -0.39 is 12.0 Å². The number of carbonyl (C=O) groups excluding carboxylic acids is 2. The minimum atomic E-state index is -1.10. The Morgan fingerprint density at radius 2 is 1.95 bits per heavy atom. The van der Waals surface area contributed by atoms with Gasteiger partial charge in [-0.25, -0.2) is 4.79 Å². The van der Waals surface area contributed by atoms with Gasteiger partial charge < -0.3 is 15.3 Å². The Labute approximate surface area is 129 Å². The van der Waals surface area contributed by atoms with Crippen LogP contribution in [0.25, 0.3) is 0 Å². The van der Waals surface area contributed by atoms with Crippen molar-refractivity contribution in [1.29, 1.82) is 0 Å². The van der Waals surface area contributed by atoms with Crippen LogP contribution in [-0.4, -0.2) is 40.9 Å². The molecule has 1 aliphatic rings. The van der Waals surface area contributed by atoms with Gasteiger partial charge >= 0.3 is 5.97 Å². The Morgan fingerprint density at radius 1 is 1.27 bits per heavy atom. The summed E-state index contributed by atoms with van der Waals surface area (Å²) < 4.78 is 0. The van der Waals surface area contributed by atoms with Crippen molar-refractivity contribution in [1.82, 2.24) is 10.2 Å². The summed E-state index contributed by atoms with van der Waals surface area (Å²) in [6, 6.07) is 7.52. The monoisotopic (exact) mass is 304 g/mol.